The summed E-state index contributed by atoms with van der Waals surface area (Å²) in [7, 11) is 0. The maximum absolute atomic E-state index is 12.3. The summed E-state index contributed by atoms with van der Waals surface area (Å²) < 4.78 is 0. The van der Waals surface area contributed by atoms with Gasteiger partial charge in [-0.1, -0.05) is 30.3 Å². The molecule has 0 bridgehead atoms. The third kappa shape index (κ3) is 10.7. The standard InChI is InChI=1S/C17H29N5O2.ClH/c18-8-4-10-20-13-16(23)22-15(17(24)21-11-5-9-19)12-14-6-2-1-3-7-14;/h1-3,6-7,15,20H,4-5,8-13,18-19H2,(H,21,24)(H,22,23);1H/t15-;/m0./s1. The van der Waals surface area contributed by atoms with E-state index in [4.69, 9.17) is 11.5 Å². The minimum atomic E-state index is -0.603. The van der Waals surface area contributed by atoms with Crippen LogP contribution < -0.4 is 27.4 Å². The fourth-order valence-corrected chi connectivity index (χ4v) is 2.17. The first-order valence-corrected chi connectivity index (χ1v) is 8.39. The van der Waals surface area contributed by atoms with Gasteiger partial charge in [0.05, 0.1) is 6.54 Å². The minimum absolute atomic E-state index is 0. The zero-order chi connectivity index (χ0) is 17.6. The monoisotopic (exact) mass is 371 g/mol. The zero-order valence-electron chi connectivity index (χ0n) is 14.5. The molecule has 0 aliphatic carbocycles. The number of hydrogen-bond donors (Lipinski definition) is 5. The van der Waals surface area contributed by atoms with E-state index in [-0.39, 0.29) is 30.8 Å². The summed E-state index contributed by atoms with van der Waals surface area (Å²) >= 11 is 0. The molecule has 0 saturated carbocycles. The second-order valence-electron chi connectivity index (χ2n) is 5.56. The van der Waals surface area contributed by atoms with Gasteiger partial charge >= 0.3 is 0 Å². The van der Waals surface area contributed by atoms with E-state index < -0.39 is 6.04 Å². The Morgan fingerprint density at radius 2 is 1.64 bits per heavy atom. The molecule has 0 unspecified atom stereocenters. The van der Waals surface area contributed by atoms with Crippen LogP contribution >= 0.6 is 12.4 Å². The highest BCUT2D eigenvalue weighted by Crippen LogP contribution is 2.03. The Labute approximate surface area is 155 Å². The van der Waals surface area contributed by atoms with Crippen LogP contribution in [0.1, 0.15) is 18.4 Å². The number of nitrogens with one attached hydrogen (secondary N) is 3. The van der Waals surface area contributed by atoms with Gasteiger partial charge in [-0.3, -0.25) is 9.59 Å². The van der Waals surface area contributed by atoms with Crippen LogP contribution in [0.25, 0.3) is 0 Å². The van der Waals surface area contributed by atoms with Crippen LogP contribution in [0.3, 0.4) is 0 Å². The molecule has 7 nitrogen and oxygen atoms in total. The van der Waals surface area contributed by atoms with E-state index >= 15 is 0 Å². The van der Waals surface area contributed by atoms with Crippen molar-refractivity contribution in [2.75, 3.05) is 32.7 Å². The summed E-state index contributed by atoms with van der Waals surface area (Å²) in [4.78, 5) is 24.4. The second kappa shape index (κ2) is 14.7. The van der Waals surface area contributed by atoms with E-state index in [0.29, 0.717) is 39.0 Å². The van der Waals surface area contributed by atoms with Crippen molar-refractivity contribution < 1.29 is 9.59 Å². The van der Waals surface area contributed by atoms with E-state index in [9.17, 15) is 9.59 Å². The molecule has 0 fully saturated rings. The molecule has 1 rings (SSSR count). The molecule has 0 radical (unpaired) electrons. The lowest BCUT2D eigenvalue weighted by Crippen LogP contribution is -2.50. The van der Waals surface area contributed by atoms with Gasteiger partial charge in [0.1, 0.15) is 6.04 Å². The molecule has 0 saturated heterocycles. The number of nitrogens with two attached hydrogens (primary N) is 2. The number of amides is 2. The van der Waals surface area contributed by atoms with E-state index in [0.717, 1.165) is 12.0 Å². The Hall–Kier alpha value is -1.67. The minimum Gasteiger partial charge on any atom is -0.354 e. The molecule has 0 aliphatic rings. The summed E-state index contributed by atoms with van der Waals surface area (Å²) in [5.41, 5.74) is 11.8. The largest absolute Gasteiger partial charge is 0.354 e. The number of halogens is 1. The van der Waals surface area contributed by atoms with Crippen molar-refractivity contribution >= 4 is 24.2 Å². The second-order valence-corrected chi connectivity index (χ2v) is 5.56. The Kier molecular flexibility index (Phi) is 13.7. The van der Waals surface area contributed by atoms with Gasteiger partial charge in [-0.2, -0.15) is 0 Å². The molecule has 1 aromatic carbocycles. The average molecular weight is 372 g/mol. The van der Waals surface area contributed by atoms with Gasteiger partial charge in [0.25, 0.3) is 0 Å². The number of carbonyl (C=O) groups is 2. The quantitative estimate of drug-likeness (QED) is 0.318. The van der Waals surface area contributed by atoms with Gasteiger partial charge in [0.15, 0.2) is 0 Å². The topological polar surface area (TPSA) is 122 Å². The van der Waals surface area contributed by atoms with Gasteiger partial charge in [-0.05, 0) is 38.0 Å². The highest BCUT2D eigenvalue weighted by molar-refractivity contribution is 5.88. The molecule has 1 atom stereocenters. The number of rotatable bonds is 12. The molecule has 0 heterocycles. The molecule has 142 valence electrons. The Morgan fingerprint density at radius 3 is 2.28 bits per heavy atom. The van der Waals surface area contributed by atoms with E-state index in [1.807, 2.05) is 30.3 Å². The molecule has 8 heteroatoms. The fraction of sp³-hybridized carbons (Fsp3) is 0.529. The maximum Gasteiger partial charge on any atom is 0.242 e. The summed E-state index contributed by atoms with van der Waals surface area (Å²) in [6.45, 7) is 2.44. The first-order chi connectivity index (χ1) is 11.7. The third-order valence-electron chi connectivity index (χ3n) is 3.46. The van der Waals surface area contributed by atoms with Crippen molar-refractivity contribution in [2.45, 2.75) is 25.3 Å². The van der Waals surface area contributed by atoms with Crippen molar-refractivity contribution in [2.24, 2.45) is 11.5 Å². The van der Waals surface area contributed by atoms with Gasteiger partial charge < -0.3 is 27.4 Å². The van der Waals surface area contributed by atoms with Crippen molar-refractivity contribution in [1.29, 1.82) is 0 Å². The number of hydrogen-bond acceptors (Lipinski definition) is 5. The Balaban J connectivity index is 0.00000576. The smallest absolute Gasteiger partial charge is 0.242 e. The van der Waals surface area contributed by atoms with Gasteiger partial charge in [-0.25, -0.2) is 0 Å². The lowest BCUT2D eigenvalue weighted by atomic mass is 10.1. The van der Waals surface area contributed by atoms with Gasteiger partial charge in [0.2, 0.25) is 11.8 Å². The van der Waals surface area contributed by atoms with Gasteiger partial charge in [0, 0.05) is 13.0 Å². The van der Waals surface area contributed by atoms with Crippen LogP contribution in [0.4, 0.5) is 0 Å². The highest BCUT2D eigenvalue weighted by Gasteiger charge is 2.20. The molecular weight excluding hydrogens is 342 g/mol. The SMILES string of the molecule is Cl.NCCCNCC(=O)N[C@@H](Cc1ccccc1)C(=O)NCCCN. The van der Waals surface area contributed by atoms with Crippen molar-refractivity contribution in [3.63, 3.8) is 0 Å². The first kappa shape index (κ1) is 23.3. The van der Waals surface area contributed by atoms with Crippen LogP contribution in [0.2, 0.25) is 0 Å². The zero-order valence-corrected chi connectivity index (χ0v) is 15.3. The summed E-state index contributed by atoms with van der Waals surface area (Å²) in [6.07, 6.45) is 1.96. The Morgan fingerprint density at radius 1 is 1.00 bits per heavy atom. The van der Waals surface area contributed by atoms with Crippen LogP contribution in [0, 0.1) is 0 Å². The maximum atomic E-state index is 12.3. The van der Waals surface area contributed by atoms with Crippen molar-refractivity contribution in [1.82, 2.24) is 16.0 Å². The molecular formula is C17H30ClN5O2. The molecule has 1 aromatic rings. The normalized spacial score (nSPS) is 11.3. The van der Waals surface area contributed by atoms with Gasteiger partial charge in [-0.15, -0.1) is 12.4 Å². The van der Waals surface area contributed by atoms with E-state index in [1.165, 1.54) is 0 Å². The number of carbonyl (C=O) groups excluding carboxylic acids is 2. The molecule has 0 spiro atoms. The fourth-order valence-electron chi connectivity index (χ4n) is 2.17. The molecule has 0 aromatic heterocycles. The van der Waals surface area contributed by atoms with Crippen LogP contribution in [0.5, 0.6) is 0 Å². The van der Waals surface area contributed by atoms with Crippen LogP contribution in [0.15, 0.2) is 30.3 Å². The van der Waals surface area contributed by atoms with Crippen molar-refractivity contribution in [3.8, 4) is 0 Å². The first-order valence-electron chi connectivity index (χ1n) is 8.39. The summed E-state index contributed by atoms with van der Waals surface area (Å²) in [5, 5.41) is 8.61. The summed E-state index contributed by atoms with van der Waals surface area (Å²) in [5.74, 6) is -0.399. The Bertz CT molecular complexity index is 487. The third-order valence-corrected chi connectivity index (χ3v) is 3.46. The van der Waals surface area contributed by atoms with Crippen LogP contribution in [-0.2, 0) is 16.0 Å². The lowest BCUT2D eigenvalue weighted by Gasteiger charge is -2.19. The van der Waals surface area contributed by atoms with E-state index in [2.05, 4.69) is 16.0 Å². The molecule has 7 N–H and O–H groups in total. The number of benzene rings is 1. The van der Waals surface area contributed by atoms with E-state index in [1.54, 1.807) is 0 Å². The predicted molar refractivity (Wildman–Crippen MR) is 103 cm³/mol. The van der Waals surface area contributed by atoms with Crippen molar-refractivity contribution in [3.05, 3.63) is 35.9 Å². The molecule has 0 aliphatic heterocycles. The lowest BCUT2D eigenvalue weighted by molar-refractivity contribution is -0.128. The molecule has 25 heavy (non-hydrogen) atoms. The molecule has 2 amide bonds. The predicted octanol–water partition coefficient (Wildman–Crippen LogP) is -0.461. The average Bonchev–Trinajstić information content (AvgIpc) is 2.59. The van der Waals surface area contributed by atoms with Crippen LogP contribution in [-0.4, -0.2) is 50.6 Å². The summed E-state index contributed by atoms with van der Waals surface area (Å²) in [6, 6.07) is 9.01. The highest BCUT2D eigenvalue weighted by atomic mass is 35.5.